The molecule has 0 bridgehead atoms. The highest BCUT2D eigenvalue weighted by molar-refractivity contribution is 6.30. The van der Waals surface area contributed by atoms with Gasteiger partial charge in [0, 0.05) is 12.7 Å². The third-order valence-electron chi connectivity index (χ3n) is 2.54. The number of hydrogen-bond donors (Lipinski definition) is 2. The lowest BCUT2D eigenvalue weighted by molar-refractivity contribution is 0.0897. The van der Waals surface area contributed by atoms with Crippen LogP contribution in [0.4, 0.5) is 0 Å². The molecule has 1 aromatic rings. The fourth-order valence-electron chi connectivity index (χ4n) is 1.79. The maximum absolute atomic E-state index is 11.8. The van der Waals surface area contributed by atoms with Crippen molar-refractivity contribution in [3.05, 3.63) is 29.0 Å². The smallest absolute Gasteiger partial charge is 0.269 e. The Bertz CT molecular complexity index is 402. The molecule has 0 aliphatic heterocycles. The fraction of sp³-hybridized carbons (Fsp3) is 0.538. The second kappa shape index (κ2) is 6.16. The lowest BCUT2D eigenvalue weighted by atomic mass is 9.87. The van der Waals surface area contributed by atoms with Crippen LogP contribution in [-0.4, -0.2) is 28.6 Å². The summed E-state index contributed by atoms with van der Waals surface area (Å²) in [7, 11) is 0. The van der Waals surface area contributed by atoms with Gasteiger partial charge in [-0.3, -0.25) is 4.79 Å². The van der Waals surface area contributed by atoms with Crippen LogP contribution < -0.4 is 5.32 Å². The van der Waals surface area contributed by atoms with Gasteiger partial charge in [-0.05, 0) is 30.9 Å². The van der Waals surface area contributed by atoms with Crippen LogP contribution in [0.15, 0.2) is 18.3 Å². The third kappa shape index (κ3) is 5.02. The number of aliphatic hydroxyl groups excluding tert-OH is 1. The van der Waals surface area contributed by atoms with Gasteiger partial charge in [0.25, 0.3) is 5.91 Å². The third-order valence-corrected chi connectivity index (χ3v) is 2.76. The van der Waals surface area contributed by atoms with Crippen molar-refractivity contribution in [2.75, 3.05) is 6.54 Å². The van der Waals surface area contributed by atoms with Gasteiger partial charge in [-0.1, -0.05) is 25.4 Å². The molecule has 1 heterocycles. The molecule has 1 amide bonds. The molecule has 1 unspecified atom stereocenters. The van der Waals surface area contributed by atoms with E-state index in [1.54, 1.807) is 19.1 Å². The summed E-state index contributed by atoms with van der Waals surface area (Å²) in [6.07, 6.45) is 1.68. The molecule has 0 radical (unpaired) electrons. The van der Waals surface area contributed by atoms with Crippen LogP contribution in [0.2, 0.25) is 5.02 Å². The molecule has 18 heavy (non-hydrogen) atoms. The minimum atomic E-state index is -0.384. The molecule has 0 spiro atoms. The molecular formula is C13H19ClN2O2. The summed E-state index contributed by atoms with van der Waals surface area (Å²) in [6.45, 7) is 6.22. The second-order valence-electron chi connectivity index (χ2n) is 5.26. The minimum absolute atomic E-state index is 0.156. The molecule has 0 aliphatic carbocycles. The van der Waals surface area contributed by atoms with Crippen molar-refractivity contribution in [1.29, 1.82) is 0 Å². The van der Waals surface area contributed by atoms with E-state index in [4.69, 9.17) is 11.6 Å². The van der Waals surface area contributed by atoms with E-state index in [9.17, 15) is 9.90 Å². The normalized spacial score (nSPS) is 13.2. The van der Waals surface area contributed by atoms with Gasteiger partial charge < -0.3 is 10.4 Å². The largest absolute Gasteiger partial charge is 0.393 e. The highest BCUT2D eigenvalue weighted by Gasteiger charge is 2.21. The highest BCUT2D eigenvalue weighted by atomic mass is 35.5. The zero-order valence-corrected chi connectivity index (χ0v) is 11.7. The van der Waals surface area contributed by atoms with Gasteiger partial charge in [0.2, 0.25) is 0 Å². The number of aliphatic hydroxyl groups is 1. The monoisotopic (exact) mass is 270 g/mol. The Labute approximate surface area is 112 Å². The number of carbonyl (C=O) groups is 1. The number of pyridine rings is 1. The molecule has 0 saturated carbocycles. The summed E-state index contributed by atoms with van der Waals surface area (Å²) in [5.41, 5.74) is 0.184. The first-order valence-electron chi connectivity index (χ1n) is 5.88. The first-order valence-corrected chi connectivity index (χ1v) is 6.26. The van der Waals surface area contributed by atoms with Crippen molar-refractivity contribution < 1.29 is 9.90 Å². The van der Waals surface area contributed by atoms with Crippen LogP contribution >= 0.6 is 11.6 Å². The van der Waals surface area contributed by atoms with Gasteiger partial charge in [0.1, 0.15) is 5.69 Å². The van der Waals surface area contributed by atoms with Crippen molar-refractivity contribution in [2.45, 2.75) is 33.3 Å². The van der Waals surface area contributed by atoms with E-state index in [0.29, 0.717) is 23.7 Å². The predicted octanol–water partition coefficient (Wildman–Crippen LogP) is 2.26. The van der Waals surface area contributed by atoms with Crippen molar-refractivity contribution in [1.82, 2.24) is 10.3 Å². The Morgan fingerprint density at radius 1 is 1.56 bits per heavy atom. The summed E-state index contributed by atoms with van der Waals surface area (Å²) in [4.78, 5) is 15.8. The molecular weight excluding hydrogens is 252 g/mol. The number of halogens is 1. The van der Waals surface area contributed by atoms with E-state index in [0.717, 1.165) is 0 Å². The Hall–Kier alpha value is -1.13. The van der Waals surface area contributed by atoms with E-state index in [2.05, 4.69) is 10.3 Å². The highest BCUT2D eigenvalue weighted by Crippen LogP contribution is 2.21. The van der Waals surface area contributed by atoms with Crippen LogP contribution in [0, 0.1) is 5.41 Å². The standard InChI is InChI=1S/C13H19ClN2O2/c1-9(17)6-13(2,3)8-16-12(18)11-5-4-10(14)7-15-11/h4-5,7,9,17H,6,8H2,1-3H3,(H,16,18). The molecule has 100 valence electrons. The zero-order chi connectivity index (χ0) is 13.8. The number of carbonyl (C=O) groups excluding carboxylic acids is 1. The lowest BCUT2D eigenvalue weighted by Gasteiger charge is -2.26. The molecule has 2 N–H and O–H groups in total. The van der Waals surface area contributed by atoms with E-state index < -0.39 is 0 Å². The van der Waals surface area contributed by atoms with E-state index in [1.165, 1.54) is 6.20 Å². The van der Waals surface area contributed by atoms with Gasteiger partial charge >= 0.3 is 0 Å². The Kier molecular flexibility index (Phi) is 5.11. The molecule has 4 nitrogen and oxygen atoms in total. The van der Waals surface area contributed by atoms with Crippen molar-refractivity contribution >= 4 is 17.5 Å². The molecule has 1 atom stereocenters. The fourth-order valence-corrected chi connectivity index (χ4v) is 1.90. The Morgan fingerprint density at radius 3 is 2.72 bits per heavy atom. The topological polar surface area (TPSA) is 62.2 Å². The number of aromatic nitrogens is 1. The first-order chi connectivity index (χ1) is 8.30. The maximum Gasteiger partial charge on any atom is 0.269 e. The van der Waals surface area contributed by atoms with Crippen LogP contribution in [0.3, 0.4) is 0 Å². The SMILES string of the molecule is CC(O)CC(C)(C)CNC(=O)c1ccc(Cl)cn1. The van der Waals surface area contributed by atoms with Gasteiger partial charge in [-0.25, -0.2) is 4.98 Å². The van der Waals surface area contributed by atoms with Gasteiger partial charge in [-0.15, -0.1) is 0 Å². The number of amides is 1. The zero-order valence-electron chi connectivity index (χ0n) is 10.9. The summed E-state index contributed by atoms with van der Waals surface area (Å²) >= 11 is 5.70. The average molecular weight is 271 g/mol. The van der Waals surface area contributed by atoms with Crippen molar-refractivity contribution in [3.8, 4) is 0 Å². The summed E-state index contributed by atoms with van der Waals surface area (Å²) in [5.74, 6) is -0.231. The quantitative estimate of drug-likeness (QED) is 0.863. The number of nitrogens with zero attached hydrogens (tertiary/aromatic N) is 1. The Balaban J connectivity index is 2.53. The molecule has 0 aromatic carbocycles. The van der Waals surface area contributed by atoms with Crippen LogP contribution in [-0.2, 0) is 0 Å². The summed E-state index contributed by atoms with van der Waals surface area (Å²) in [5, 5.41) is 12.7. The van der Waals surface area contributed by atoms with Crippen molar-refractivity contribution in [3.63, 3.8) is 0 Å². The van der Waals surface area contributed by atoms with E-state index >= 15 is 0 Å². The number of nitrogens with one attached hydrogen (secondary N) is 1. The number of hydrogen-bond acceptors (Lipinski definition) is 3. The predicted molar refractivity (Wildman–Crippen MR) is 71.7 cm³/mol. The lowest BCUT2D eigenvalue weighted by Crippen LogP contribution is -2.36. The summed E-state index contributed by atoms with van der Waals surface area (Å²) in [6, 6.07) is 3.21. The van der Waals surface area contributed by atoms with Gasteiger partial charge in [0.15, 0.2) is 0 Å². The van der Waals surface area contributed by atoms with E-state index in [1.807, 2.05) is 13.8 Å². The molecule has 1 aromatic heterocycles. The molecule has 0 saturated heterocycles. The van der Waals surface area contributed by atoms with Crippen LogP contribution in [0.5, 0.6) is 0 Å². The first kappa shape index (κ1) is 14.9. The van der Waals surface area contributed by atoms with E-state index in [-0.39, 0.29) is 17.4 Å². The Morgan fingerprint density at radius 2 is 2.22 bits per heavy atom. The summed E-state index contributed by atoms with van der Waals surface area (Å²) < 4.78 is 0. The van der Waals surface area contributed by atoms with Gasteiger partial charge in [-0.2, -0.15) is 0 Å². The van der Waals surface area contributed by atoms with Gasteiger partial charge in [0.05, 0.1) is 11.1 Å². The maximum atomic E-state index is 11.8. The minimum Gasteiger partial charge on any atom is -0.393 e. The average Bonchev–Trinajstić information content (AvgIpc) is 2.25. The molecule has 1 rings (SSSR count). The molecule has 5 heteroatoms. The second-order valence-corrected chi connectivity index (χ2v) is 5.70. The van der Waals surface area contributed by atoms with Crippen LogP contribution in [0.1, 0.15) is 37.7 Å². The van der Waals surface area contributed by atoms with Crippen molar-refractivity contribution in [2.24, 2.45) is 5.41 Å². The van der Waals surface area contributed by atoms with Crippen LogP contribution in [0.25, 0.3) is 0 Å². The molecule has 0 aliphatic rings. The molecule has 0 fully saturated rings. The number of rotatable bonds is 5.